The fourth-order valence-electron chi connectivity index (χ4n) is 2.00. The molecule has 3 nitrogen and oxygen atoms in total. The van der Waals surface area contributed by atoms with Gasteiger partial charge in [-0.2, -0.15) is 5.26 Å². The molecule has 0 bridgehead atoms. The summed E-state index contributed by atoms with van der Waals surface area (Å²) in [5, 5.41) is 9.08. The van der Waals surface area contributed by atoms with Gasteiger partial charge in [0.25, 0.3) is 0 Å². The van der Waals surface area contributed by atoms with Crippen LogP contribution in [-0.4, -0.2) is 23.8 Å². The van der Waals surface area contributed by atoms with Crippen molar-refractivity contribution in [2.24, 2.45) is 5.92 Å². The Hall–Kier alpha value is -1.45. The van der Waals surface area contributed by atoms with Crippen molar-refractivity contribution in [1.82, 2.24) is 4.67 Å². The van der Waals surface area contributed by atoms with Gasteiger partial charge in [0.1, 0.15) is 0 Å². The lowest BCUT2D eigenvalue weighted by Crippen LogP contribution is -2.16. The molecule has 3 atom stereocenters. The molecule has 1 saturated heterocycles. The van der Waals surface area contributed by atoms with E-state index >= 15 is 0 Å². The summed E-state index contributed by atoms with van der Waals surface area (Å²) >= 11 is 5.54. The molecule has 1 fully saturated rings. The average molecular weight is 425 g/mol. The second-order valence-electron chi connectivity index (χ2n) is 5.31. The number of halogens is 1. The van der Waals surface area contributed by atoms with Crippen LogP contribution in [0.3, 0.4) is 0 Å². The summed E-state index contributed by atoms with van der Waals surface area (Å²) in [6, 6.07) is 20.6. The molecule has 2 aromatic carbocycles. The molecular weight excluding hydrogens is 394 g/mol. The van der Waals surface area contributed by atoms with Gasteiger partial charge in [0, 0.05) is 25.9 Å². The summed E-state index contributed by atoms with van der Waals surface area (Å²) in [5.74, 6) is 0.663. The number of benzene rings is 2. The molecule has 0 radical (unpaired) electrons. The zero-order valence-electron chi connectivity index (χ0n) is 14.4. The van der Waals surface area contributed by atoms with Gasteiger partial charge in [-0.25, -0.2) is 0 Å². The minimum atomic E-state index is 0. The third-order valence-electron chi connectivity index (χ3n) is 3.36. The van der Waals surface area contributed by atoms with Gasteiger partial charge in [-0.1, -0.05) is 78.0 Å². The third-order valence-corrected chi connectivity index (χ3v) is 6.03. The molecule has 0 aliphatic carbocycles. The van der Waals surface area contributed by atoms with Gasteiger partial charge in [0.2, 0.25) is 5.91 Å². The molecule has 2 aromatic rings. The van der Waals surface area contributed by atoms with Crippen LogP contribution < -0.4 is 0 Å². The van der Waals surface area contributed by atoms with Gasteiger partial charge in [-0.05, 0) is 37.4 Å². The molecule has 0 aromatic heterocycles. The minimum absolute atomic E-state index is 0. The summed E-state index contributed by atoms with van der Waals surface area (Å²) in [5.41, 5.74) is 0.715. The Labute approximate surface area is 173 Å². The molecule has 1 amide bonds. The Morgan fingerprint density at radius 2 is 1.59 bits per heavy atom. The highest BCUT2D eigenvalue weighted by atomic mass is 35.5. The predicted molar refractivity (Wildman–Crippen MR) is 124 cm³/mol. The zero-order chi connectivity index (χ0) is 18.5. The molecule has 1 heterocycles. The number of carbonyl (C=O) groups is 1. The smallest absolute Gasteiger partial charge is 0.228 e. The number of rotatable bonds is 2. The summed E-state index contributed by atoms with van der Waals surface area (Å²) in [6.07, 6.45) is 1.07. The van der Waals surface area contributed by atoms with Crippen molar-refractivity contribution >= 4 is 34.2 Å². The monoisotopic (exact) mass is 424 g/mol. The highest BCUT2D eigenvalue weighted by Crippen LogP contribution is 2.40. The van der Waals surface area contributed by atoms with E-state index in [1.54, 1.807) is 12.1 Å². The second-order valence-corrected chi connectivity index (χ2v) is 9.19. The lowest BCUT2D eigenvalue weighted by atomic mass is 10.1. The van der Waals surface area contributed by atoms with Crippen molar-refractivity contribution in [3.8, 4) is 6.07 Å². The van der Waals surface area contributed by atoms with Crippen LogP contribution in [0.25, 0.3) is 0 Å². The van der Waals surface area contributed by atoms with E-state index < -0.39 is 0 Å². The van der Waals surface area contributed by atoms with Gasteiger partial charge >= 0.3 is 0 Å². The van der Waals surface area contributed by atoms with E-state index in [2.05, 4.69) is 6.66 Å². The maximum absolute atomic E-state index is 11.2. The largest absolute Gasteiger partial charge is 0.321 e. The van der Waals surface area contributed by atoms with Crippen molar-refractivity contribution in [3.63, 3.8) is 0 Å². The molecular formula is C21H31ClN2OP2. The molecule has 0 spiro atoms. The molecule has 27 heavy (non-hydrogen) atoms. The Bertz CT molecular complexity index is 661. The first-order valence-electron chi connectivity index (χ1n) is 7.98. The molecule has 1 aliphatic rings. The number of carbonyl (C=O) groups excluding carboxylic acids is 1. The standard InChI is InChI=1S/C7H5N.C6H5Cl.C6H13NOP2.2CH4/c8-6-7-4-2-1-3-5-7;7-6-4-2-1-3-5-6;1-5-3-4-7(6(5)8)10-9-2;;/h1-5H;1-5H;5,9-10H,3-4H2,1-2H3;2*1H4. The van der Waals surface area contributed by atoms with Crippen LogP contribution in [0.4, 0.5) is 0 Å². The van der Waals surface area contributed by atoms with Crippen molar-refractivity contribution < 1.29 is 4.79 Å². The van der Waals surface area contributed by atoms with Crippen LogP contribution in [0.2, 0.25) is 5.02 Å². The van der Waals surface area contributed by atoms with Gasteiger partial charge in [-0.3, -0.25) is 4.79 Å². The molecule has 3 unspecified atom stereocenters. The van der Waals surface area contributed by atoms with Crippen molar-refractivity contribution in [1.29, 1.82) is 5.26 Å². The molecule has 6 heteroatoms. The summed E-state index contributed by atoms with van der Waals surface area (Å²) in [6.45, 7) is 5.17. The Balaban J connectivity index is 0. The van der Waals surface area contributed by atoms with Gasteiger partial charge in [0.15, 0.2) is 0 Å². The van der Waals surface area contributed by atoms with E-state index in [4.69, 9.17) is 16.9 Å². The quantitative estimate of drug-likeness (QED) is 0.495. The summed E-state index contributed by atoms with van der Waals surface area (Å²) in [4.78, 5) is 11.2. The van der Waals surface area contributed by atoms with Crippen molar-refractivity contribution in [3.05, 3.63) is 71.2 Å². The third kappa shape index (κ3) is 11.8. The number of hydrogen-bond acceptors (Lipinski definition) is 2. The first-order chi connectivity index (χ1) is 12.1. The van der Waals surface area contributed by atoms with E-state index in [0.717, 1.165) is 34.7 Å². The first kappa shape index (κ1) is 27.8. The number of hydrogen-bond donors (Lipinski definition) is 0. The fourth-order valence-corrected chi connectivity index (χ4v) is 4.46. The highest BCUT2D eigenvalue weighted by Gasteiger charge is 2.26. The average Bonchev–Trinajstić information content (AvgIpc) is 2.97. The van der Waals surface area contributed by atoms with E-state index in [1.807, 2.05) is 66.2 Å². The minimum Gasteiger partial charge on any atom is -0.321 e. The predicted octanol–water partition coefficient (Wildman–Crippen LogP) is 6.84. The molecule has 148 valence electrons. The van der Waals surface area contributed by atoms with Crippen LogP contribution in [0.15, 0.2) is 60.7 Å². The normalized spacial score (nSPS) is 15.1. The van der Waals surface area contributed by atoms with Crippen LogP contribution in [0.1, 0.15) is 33.8 Å². The van der Waals surface area contributed by atoms with Gasteiger partial charge < -0.3 is 4.67 Å². The Morgan fingerprint density at radius 1 is 1.07 bits per heavy atom. The van der Waals surface area contributed by atoms with Crippen LogP contribution in [-0.2, 0) is 4.79 Å². The van der Waals surface area contributed by atoms with E-state index in [1.165, 1.54) is 0 Å². The molecule has 3 rings (SSSR count). The maximum Gasteiger partial charge on any atom is 0.228 e. The molecule has 1 aliphatic heterocycles. The fraction of sp³-hybridized carbons (Fsp3) is 0.333. The highest BCUT2D eigenvalue weighted by molar-refractivity contribution is 8.10. The molecule has 0 saturated carbocycles. The second kappa shape index (κ2) is 16.7. The van der Waals surface area contributed by atoms with Crippen molar-refractivity contribution in [2.75, 3.05) is 13.2 Å². The zero-order valence-corrected chi connectivity index (χ0v) is 17.2. The maximum atomic E-state index is 11.2. The lowest BCUT2D eigenvalue weighted by molar-refractivity contribution is -0.126. The first-order valence-corrected chi connectivity index (χ1v) is 11.8. The van der Waals surface area contributed by atoms with Gasteiger partial charge in [-0.15, -0.1) is 0 Å². The Kier molecular flexibility index (Phi) is 17.2. The number of nitriles is 1. The SMILES string of the molecule is C.C.CPPN1CCC(C)C1=O.Clc1ccccc1.N#Cc1ccccc1. The van der Waals surface area contributed by atoms with Crippen molar-refractivity contribution in [2.45, 2.75) is 28.2 Å². The van der Waals surface area contributed by atoms with Crippen LogP contribution in [0, 0.1) is 17.2 Å². The van der Waals surface area contributed by atoms with E-state index in [9.17, 15) is 4.79 Å². The number of nitrogens with zero attached hydrogens (tertiary/aromatic N) is 2. The number of amides is 1. The van der Waals surface area contributed by atoms with E-state index in [-0.39, 0.29) is 14.9 Å². The van der Waals surface area contributed by atoms with Crippen LogP contribution >= 0.6 is 28.3 Å². The summed E-state index contributed by atoms with van der Waals surface area (Å²) in [7, 11) is 1.65. The Morgan fingerprint density at radius 3 is 1.89 bits per heavy atom. The van der Waals surface area contributed by atoms with E-state index in [0.29, 0.717) is 17.4 Å². The topological polar surface area (TPSA) is 44.1 Å². The lowest BCUT2D eigenvalue weighted by Gasteiger charge is -2.13. The van der Waals surface area contributed by atoms with Crippen LogP contribution in [0.5, 0.6) is 0 Å². The van der Waals surface area contributed by atoms with Gasteiger partial charge in [0.05, 0.1) is 11.6 Å². The summed E-state index contributed by atoms with van der Waals surface area (Å²) < 4.78 is 2.00. The molecule has 0 N–H and O–H groups in total.